The van der Waals surface area contributed by atoms with Gasteiger partial charge in [-0.15, -0.1) is 0 Å². The highest BCUT2D eigenvalue weighted by molar-refractivity contribution is 9.10. The van der Waals surface area contributed by atoms with Crippen molar-refractivity contribution in [1.82, 2.24) is 9.55 Å². The second kappa shape index (κ2) is 8.23. The molecule has 0 aliphatic rings. The van der Waals surface area contributed by atoms with E-state index in [1.807, 2.05) is 0 Å². The molecule has 2 N–H and O–H groups in total. The van der Waals surface area contributed by atoms with Crippen molar-refractivity contribution in [3.8, 4) is 11.6 Å². The van der Waals surface area contributed by atoms with Gasteiger partial charge < -0.3 is 5.11 Å². The van der Waals surface area contributed by atoms with Gasteiger partial charge >= 0.3 is 11.9 Å². The number of aromatic nitrogens is 2. The molecule has 0 spiro atoms. The van der Waals surface area contributed by atoms with Crippen molar-refractivity contribution >= 4 is 43.8 Å². The van der Waals surface area contributed by atoms with Crippen LogP contribution in [0.3, 0.4) is 0 Å². The third-order valence-electron chi connectivity index (χ3n) is 4.12. The first kappa shape index (κ1) is 22.0. The van der Waals surface area contributed by atoms with E-state index in [1.165, 1.54) is 12.1 Å². The number of hydrogen-bond acceptors (Lipinski definition) is 4. The fraction of sp³-hybridized carbons (Fsp3) is 0.105. The summed E-state index contributed by atoms with van der Waals surface area (Å²) in [4.78, 5) is 30.4. The molecule has 0 amide bonds. The molecule has 156 valence electrons. The maximum Gasteiger partial charge on any atom is 0.417 e. The summed E-state index contributed by atoms with van der Waals surface area (Å²) in [6.45, 7) is 1.70. The van der Waals surface area contributed by atoms with Crippen molar-refractivity contribution in [2.75, 3.05) is 0 Å². The monoisotopic (exact) mass is 545 g/mol. The minimum Gasteiger partial charge on any atom is -0.493 e. The van der Waals surface area contributed by atoms with Gasteiger partial charge in [-0.1, -0.05) is 31.9 Å². The summed E-state index contributed by atoms with van der Waals surface area (Å²) in [6.07, 6.45) is -3.70. The fourth-order valence-electron chi connectivity index (χ4n) is 2.70. The van der Waals surface area contributed by atoms with Crippen molar-refractivity contribution in [3.63, 3.8) is 0 Å². The van der Waals surface area contributed by atoms with Gasteiger partial charge in [-0.3, -0.25) is 14.8 Å². The zero-order valence-electron chi connectivity index (χ0n) is 15.1. The predicted molar refractivity (Wildman–Crippen MR) is 113 cm³/mol. The Hall–Kier alpha value is -2.66. The molecule has 30 heavy (non-hydrogen) atoms. The quantitative estimate of drug-likeness (QED) is 0.461. The topological polar surface area (TPSA) is 87.4 Å². The minimum absolute atomic E-state index is 0.0955. The average molecular weight is 547 g/mol. The first-order valence-electron chi connectivity index (χ1n) is 8.24. The van der Waals surface area contributed by atoms with Gasteiger partial charge in [-0.05, 0) is 48.9 Å². The van der Waals surface area contributed by atoms with Crippen LogP contribution in [0.1, 0.15) is 16.7 Å². The molecule has 0 fully saturated rings. The fourth-order valence-corrected chi connectivity index (χ4v) is 3.65. The lowest BCUT2D eigenvalue weighted by atomic mass is 10.2. The van der Waals surface area contributed by atoms with Crippen molar-refractivity contribution in [1.29, 1.82) is 0 Å². The molecule has 0 radical (unpaired) electrons. The van der Waals surface area contributed by atoms with Crippen LogP contribution in [0.5, 0.6) is 5.88 Å². The lowest BCUT2D eigenvalue weighted by Crippen LogP contribution is -2.31. The Balaban J connectivity index is 2.12. The largest absolute Gasteiger partial charge is 0.493 e. The highest BCUT2D eigenvalue weighted by Crippen LogP contribution is 2.37. The summed E-state index contributed by atoms with van der Waals surface area (Å²) in [5.74, 6) is -0.689. The van der Waals surface area contributed by atoms with Gasteiger partial charge in [0.1, 0.15) is 5.56 Å². The van der Waals surface area contributed by atoms with E-state index in [2.05, 4.69) is 41.8 Å². The Bertz CT molecular complexity index is 1280. The van der Waals surface area contributed by atoms with E-state index < -0.39 is 28.9 Å². The molecular weight excluding hydrogens is 535 g/mol. The number of aliphatic imine (C=N–C) groups is 1. The first-order chi connectivity index (χ1) is 14.0. The summed E-state index contributed by atoms with van der Waals surface area (Å²) in [5, 5.41) is 10.6. The zero-order valence-corrected chi connectivity index (χ0v) is 18.3. The Labute approximate surface area is 184 Å². The number of aromatic amines is 1. The van der Waals surface area contributed by atoms with E-state index in [4.69, 9.17) is 0 Å². The molecule has 0 unspecified atom stereocenters. The highest BCUT2D eigenvalue weighted by atomic mass is 79.9. The van der Waals surface area contributed by atoms with Gasteiger partial charge in [0.05, 0.1) is 16.9 Å². The summed E-state index contributed by atoms with van der Waals surface area (Å²) >= 11 is 6.13. The van der Waals surface area contributed by atoms with Crippen molar-refractivity contribution < 1.29 is 18.3 Å². The molecule has 6 nitrogen and oxygen atoms in total. The van der Waals surface area contributed by atoms with Crippen LogP contribution in [0.15, 0.2) is 59.9 Å². The number of halogens is 5. The lowest BCUT2D eigenvalue weighted by Gasteiger charge is -2.12. The average Bonchev–Trinajstić information content (AvgIpc) is 2.63. The van der Waals surface area contributed by atoms with Crippen molar-refractivity contribution in [2.45, 2.75) is 13.1 Å². The van der Waals surface area contributed by atoms with Crippen molar-refractivity contribution in [3.05, 3.63) is 82.9 Å². The number of aryl methyl sites for hydroxylation is 1. The van der Waals surface area contributed by atoms with Crippen LogP contribution < -0.4 is 11.2 Å². The molecule has 3 aromatic rings. The van der Waals surface area contributed by atoms with E-state index >= 15 is 0 Å². The molecule has 0 atom stereocenters. The molecule has 0 saturated carbocycles. The molecule has 0 saturated heterocycles. The third-order valence-corrected chi connectivity index (χ3v) is 5.30. The van der Waals surface area contributed by atoms with Gasteiger partial charge in [-0.2, -0.15) is 13.2 Å². The minimum atomic E-state index is -4.60. The molecule has 1 heterocycles. The van der Waals surface area contributed by atoms with Crippen molar-refractivity contribution in [2.24, 2.45) is 4.99 Å². The van der Waals surface area contributed by atoms with Crippen LogP contribution in [-0.2, 0) is 6.18 Å². The Morgan fingerprint density at radius 3 is 2.47 bits per heavy atom. The number of alkyl halides is 3. The van der Waals surface area contributed by atoms with E-state index in [9.17, 15) is 27.9 Å². The number of rotatable bonds is 3. The summed E-state index contributed by atoms with van der Waals surface area (Å²) in [5.41, 5.74) is -2.28. The summed E-state index contributed by atoms with van der Waals surface area (Å²) < 4.78 is 40.6. The normalized spacial score (nSPS) is 11.9. The molecule has 2 aromatic carbocycles. The second-order valence-electron chi connectivity index (χ2n) is 6.18. The van der Waals surface area contributed by atoms with E-state index in [0.29, 0.717) is 11.3 Å². The van der Waals surface area contributed by atoms with Gasteiger partial charge in [0.15, 0.2) is 0 Å². The number of nitrogens with zero attached hydrogens (tertiary/aromatic N) is 2. The predicted octanol–water partition coefficient (Wildman–Crippen LogP) is 4.83. The summed E-state index contributed by atoms with van der Waals surface area (Å²) in [7, 11) is 0. The standard InChI is InChI=1S/C19H12Br2F3N3O3/c1-9-6-10(20)2-5-15(9)27-17(29)12(16(28)26-18(27)30)8-25-11-3-4-14(21)13(7-11)19(22,23)24/h2-8,29H,1H3,(H,26,28,30). The summed E-state index contributed by atoms with van der Waals surface area (Å²) in [6, 6.07) is 8.18. The van der Waals surface area contributed by atoms with E-state index in [1.54, 1.807) is 25.1 Å². The van der Waals surface area contributed by atoms with Crippen LogP contribution in [0.25, 0.3) is 5.69 Å². The number of nitrogens with one attached hydrogen (secondary N) is 1. The molecule has 1 aromatic heterocycles. The molecular formula is C19H12Br2F3N3O3. The maximum absolute atomic E-state index is 13.1. The number of benzene rings is 2. The number of aromatic hydroxyl groups is 1. The SMILES string of the molecule is Cc1cc(Br)ccc1-n1c(O)c(C=Nc2ccc(Br)c(C(F)(F)F)c2)c(=O)[nH]c1=O. The van der Waals surface area contributed by atoms with Gasteiger partial charge in [-0.25, -0.2) is 9.36 Å². The smallest absolute Gasteiger partial charge is 0.417 e. The van der Waals surface area contributed by atoms with E-state index in [0.717, 1.165) is 21.3 Å². The van der Waals surface area contributed by atoms with Crippen LogP contribution >= 0.6 is 31.9 Å². The van der Waals surface area contributed by atoms with Crippen LogP contribution in [0.2, 0.25) is 0 Å². The number of H-pyrrole nitrogens is 1. The van der Waals surface area contributed by atoms with Gasteiger partial charge in [0.2, 0.25) is 5.88 Å². The molecule has 11 heteroatoms. The highest BCUT2D eigenvalue weighted by Gasteiger charge is 2.33. The molecule has 0 aliphatic carbocycles. The van der Waals surface area contributed by atoms with Gasteiger partial charge in [0, 0.05) is 15.2 Å². The van der Waals surface area contributed by atoms with Crippen LogP contribution in [-0.4, -0.2) is 20.9 Å². The Kier molecular flexibility index (Phi) is 6.04. The molecule has 0 bridgehead atoms. The molecule has 0 aliphatic heterocycles. The third kappa shape index (κ3) is 4.41. The maximum atomic E-state index is 13.1. The Morgan fingerprint density at radius 2 is 1.83 bits per heavy atom. The molecule has 3 rings (SSSR count). The van der Waals surface area contributed by atoms with Crippen LogP contribution in [0, 0.1) is 6.92 Å². The van der Waals surface area contributed by atoms with Crippen LogP contribution in [0.4, 0.5) is 18.9 Å². The second-order valence-corrected chi connectivity index (χ2v) is 7.95. The zero-order chi connectivity index (χ0) is 22.2. The van der Waals surface area contributed by atoms with E-state index in [-0.39, 0.29) is 15.7 Å². The first-order valence-corrected chi connectivity index (χ1v) is 9.83. The van der Waals surface area contributed by atoms with Gasteiger partial charge in [0.25, 0.3) is 5.56 Å². The lowest BCUT2D eigenvalue weighted by molar-refractivity contribution is -0.138. The number of hydrogen-bond donors (Lipinski definition) is 2. The Morgan fingerprint density at radius 1 is 1.13 bits per heavy atom.